The Hall–Kier alpha value is -1.99. The number of hydrogen-bond acceptors (Lipinski definition) is 5. The molecule has 2 fully saturated rings. The molecule has 1 N–H and O–H groups in total. The Kier molecular flexibility index (Phi) is 5.56. The van der Waals surface area contributed by atoms with Crippen molar-refractivity contribution in [3.63, 3.8) is 0 Å². The van der Waals surface area contributed by atoms with Gasteiger partial charge in [-0.1, -0.05) is 0 Å². The summed E-state index contributed by atoms with van der Waals surface area (Å²) in [6, 6.07) is -0.967. The van der Waals surface area contributed by atoms with Crippen molar-refractivity contribution in [3.8, 4) is 0 Å². The Morgan fingerprint density at radius 2 is 1.71 bits per heavy atom. The van der Waals surface area contributed by atoms with E-state index in [0.29, 0.717) is 0 Å². The summed E-state index contributed by atoms with van der Waals surface area (Å²) in [5, 5.41) is 9.17. The van der Waals surface area contributed by atoms with Crippen molar-refractivity contribution >= 4 is 18.2 Å². The van der Waals surface area contributed by atoms with Gasteiger partial charge in [0, 0.05) is 13.1 Å². The van der Waals surface area contributed by atoms with Crippen LogP contribution in [0.25, 0.3) is 0 Å². The van der Waals surface area contributed by atoms with E-state index in [2.05, 4.69) is 0 Å². The maximum Gasteiger partial charge on any atom is 0.411 e. The molecule has 1 unspecified atom stereocenters. The number of ether oxygens (including phenoxy) is 2. The van der Waals surface area contributed by atoms with Gasteiger partial charge in [0.2, 0.25) is 0 Å². The van der Waals surface area contributed by atoms with E-state index in [1.54, 1.807) is 20.8 Å². The first-order valence-electron chi connectivity index (χ1n) is 8.35. The maximum absolute atomic E-state index is 12.5. The number of esters is 1. The highest BCUT2D eigenvalue weighted by molar-refractivity contribution is 5.83. The molecule has 2 amide bonds. The fraction of sp³-hybridized carbons (Fsp3) is 0.812. The highest BCUT2D eigenvalue weighted by atomic mass is 16.6. The number of carbonyl (C=O) groups is 3. The molecular formula is C16H26N2O6. The molecule has 1 aliphatic heterocycles. The largest absolute Gasteiger partial charge is 0.465 e. The number of piperazine rings is 1. The summed E-state index contributed by atoms with van der Waals surface area (Å²) in [7, 11) is 0. The molecule has 8 heteroatoms. The van der Waals surface area contributed by atoms with Crippen LogP contribution in [0.2, 0.25) is 0 Å². The van der Waals surface area contributed by atoms with Gasteiger partial charge in [-0.2, -0.15) is 0 Å². The molecule has 1 saturated carbocycles. The zero-order chi connectivity index (χ0) is 17.9. The molecule has 1 aliphatic carbocycles. The average Bonchev–Trinajstić information content (AvgIpc) is 2.97. The molecule has 136 valence electrons. The monoisotopic (exact) mass is 342 g/mol. The zero-order valence-corrected chi connectivity index (χ0v) is 14.5. The van der Waals surface area contributed by atoms with E-state index in [9.17, 15) is 19.5 Å². The molecule has 0 bridgehead atoms. The van der Waals surface area contributed by atoms with Crippen molar-refractivity contribution < 1.29 is 29.0 Å². The number of carboxylic acid groups (broad SMARTS) is 1. The summed E-state index contributed by atoms with van der Waals surface area (Å²) in [4.78, 5) is 38.5. The van der Waals surface area contributed by atoms with E-state index in [1.807, 2.05) is 0 Å². The van der Waals surface area contributed by atoms with Crippen molar-refractivity contribution in [1.29, 1.82) is 0 Å². The van der Waals surface area contributed by atoms with Gasteiger partial charge >= 0.3 is 18.2 Å². The van der Waals surface area contributed by atoms with Gasteiger partial charge in [-0.15, -0.1) is 0 Å². The Morgan fingerprint density at radius 1 is 1.08 bits per heavy atom. The van der Waals surface area contributed by atoms with Crippen LogP contribution in [0.3, 0.4) is 0 Å². The van der Waals surface area contributed by atoms with Gasteiger partial charge in [-0.05, 0) is 46.5 Å². The molecule has 0 spiro atoms. The standard InChI is InChI=1S/C16H26N2O6/c1-16(2,3)24-15(22)18-9-8-17(14(20)21)10-12(18)13(19)23-11-6-4-5-7-11/h11-12H,4-10H2,1-3H3,(H,20,21). The molecule has 2 aliphatic rings. The van der Waals surface area contributed by atoms with Gasteiger partial charge < -0.3 is 19.5 Å². The minimum Gasteiger partial charge on any atom is -0.465 e. The summed E-state index contributed by atoms with van der Waals surface area (Å²) in [5.41, 5.74) is -0.694. The molecule has 1 heterocycles. The third kappa shape index (κ3) is 4.75. The molecule has 0 radical (unpaired) electrons. The van der Waals surface area contributed by atoms with Gasteiger partial charge in [0.05, 0.1) is 6.54 Å². The van der Waals surface area contributed by atoms with Gasteiger partial charge in [0.25, 0.3) is 0 Å². The first kappa shape index (κ1) is 18.4. The minimum atomic E-state index is -1.11. The number of rotatable bonds is 2. The third-order valence-corrected chi connectivity index (χ3v) is 4.14. The van der Waals surface area contributed by atoms with E-state index in [0.717, 1.165) is 30.6 Å². The average molecular weight is 342 g/mol. The lowest BCUT2D eigenvalue weighted by molar-refractivity contribution is -0.157. The quantitative estimate of drug-likeness (QED) is 0.772. The van der Waals surface area contributed by atoms with Crippen LogP contribution in [-0.2, 0) is 14.3 Å². The smallest absolute Gasteiger partial charge is 0.411 e. The lowest BCUT2D eigenvalue weighted by Crippen LogP contribution is -2.60. The van der Waals surface area contributed by atoms with Gasteiger partial charge in [0.15, 0.2) is 6.04 Å². The topological polar surface area (TPSA) is 96.4 Å². The second-order valence-electron chi connectivity index (χ2n) is 7.26. The predicted molar refractivity (Wildman–Crippen MR) is 84.7 cm³/mol. The molecule has 1 atom stereocenters. The van der Waals surface area contributed by atoms with Crippen molar-refractivity contribution in [2.75, 3.05) is 19.6 Å². The van der Waals surface area contributed by atoms with Crippen LogP contribution in [0.1, 0.15) is 46.5 Å². The number of amides is 2. The second kappa shape index (κ2) is 7.27. The van der Waals surface area contributed by atoms with Crippen LogP contribution in [0, 0.1) is 0 Å². The summed E-state index contributed by atoms with van der Waals surface area (Å²) >= 11 is 0. The predicted octanol–water partition coefficient (Wildman–Crippen LogP) is 2.07. The van der Waals surface area contributed by atoms with E-state index < -0.39 is 29.8 Å². The summed E-state index contributed by atoms with van der Waals surface area (Å²) < 4.78 is 10.8. The molecular weight excluding hydrogens is 316 g/mol. The first-order valence-corrected chi connectivity index (χ1v) is 8.35. The molecule has 0 aromatic rings. The Morgan fingerprint density at radius 3 is 2.25 bits per heavy atom. The van der Waals surface area contributed by atoms with Gasteiger partial charge in [-0.25, -0.2) is 14.4 Å². The fourth-order valence-corrected chi connectivity index (χ4v) is 2.95. The summed E-state index contributed by atoms with van der Waals surface area (Å²) in [6.07, 6.45) is 1.78. The Labute approximate surface area is 141 Å². The maximum atomic E-state index is 12.5. The van der Waals surface area contributed by atoms with Crippen molar-refractivity contribution in [1.82, 2.24) is 9.80 Å². The van der Waals surface area contributed by atoms with Crippen LogP contribution >= 0.6 is 0 Å². The van der Waals surface area contributed by atoms with Crippen molar-refractivity contribution in [3.05, 3.63) is 0 Å². The number of hydrogen-bond donors (Lipinski definition) is 1. The van der Waals surface area contributed by atoms with Crippen molar-refractivity contribution in [2.24, 2.45) is 0 Å². The Bertz CT molecular complexity index is 495. The number of nitrogens with zero attached hydrogens (tertiary/aromatic N) is 2. The van der Waals surface area contributed by atoms with E-state index >= 15 is 0 Å². The highest BCUT2D eigenvalue weighted by Crippen LogP contribution is 2.23. The Balaban J connectivity index is 2.09. The lowest BCUT2D eigenvalue weighted by Gasteiger charge is -2.39. The molecule has 24 heavy (non-hydrogen) atoms. The van der Waals surface area contributed by atoms with Crippen LogP contribution in [0.4, 0.5) is 9.59 Å². The highest BCUT2D eigenvalue weighted by Gasteiger charge is 2.40. The first-order chi connectivity index (χ1) is 11.2. The van der Waals surface area contributed by atoms with E-state index in [4.69, 9.17) is 9.47 Å². The minimum absolute atomic E-state index is 0.0971. The lowest BCUT2D eigenvalue weighted by atomic mass is 10.1. The fourth-order valence-electron chi connectivity index (χ4n) is 2.95. The molecule has 0 aromatic heterocycles. The third-order valence-electron chi connectivity index (χ3n) is 4.14. The SMILES string of the molecule is CC(C)(C)OC(=O)N1CCN(C(=O)O)CC1C(=O)OC1CCCC1. The zero-order valence-electron chi connectivity index (χ0n) is 14.5. The molecule has 1 saturated heterocycles. The van der Waals surface area contributed by atoms with Crippen LogP contribution in [0.5, 0.6) is 0 Å². The second-order valence-corrected chi connectivity index (χ2v) is 7.26. The van der Waals surface area contributed by atoms with E-state index in [-0.39, 0.29) is 25.7 Å². The van der Waals surface area contributed by atoms with E-state index in [1.165, 1.54) is 4.90 Å². The van der Waals surface area contributed by atoms with Gasteiger partial charge in [-0.3, -0.25) is 4.90 Å². The summed E-state index contributed by atoms with van der Waals surface area (Å²) in [6.45, 7) is 5.37. The van der Waals surface area contributed by atoms with Crippen LogP contribution in [-0.4, -0.2) is 70.4 Å². The molecule has 8 nitrogen and oxygen atoms in total. The normalized spacial score (nSPS) is 22.4. The summed E-state index contributed by atoms with van der Waals surface area (Å²) in [5.74, 6) is -0.557. The molecule has 2 rings (SSSR count). The van der Waals surface area contributed by atoms with Crippen molar-refractivity contribution in [2.45, 2.75) is 64.2 Å². The van der Waals surface area contributed by atoms with Crippen LogP contribution < -0.4 is 0 Å². The van der Waals surface area contributed by atoms with Gasteiger partial charge in [0.1, 0.15) is 11.7 Å². The van der Waals surface area contributed by atoms with Crippen LogP contribution in [0.15, 0.2) is 0 Å². The molecule has 0 aromatic carbocycles. The number of carbonyl (C=O) groups excluding carboxylic acids is 2.